The summed E-state index contributed by atoms with van der Waals surface area (Å²) < 4.78 is 36.3. The van der Waals surface area contributed by atoms with Crippen molar-refractivity contribution >= 4 is 46.1 Å². The maximum absolute atomic E-state index is 14.8. The van der Waals surface area contributed by atoms with Crippen LogP contribution in [-0.4, -0.2) is 40.0 Å². The number of fused-ring (bicyclic) bond motifs is 1. The highest BCUT2D eigenvalue weighted by Gasteiger charge is 2.22. The molecule has 1 fully saturated rings. The van der Waals surface area contributed by atoms with Crippen molar-refractivity contribution in [1.29, 1.82) is 0 Å². The molecule has 0 amide bonds. The van der Waals surface area contributed by atoms with Crippen LogP contribution in [0.25, 0.3) is 10.9 Å². The quantitative estimate of drug-likeness (QED) is 0.469. The Bertz CT molecular complexity index is 1190. The summed E-state index contributed by atoms with van der Waals surface area (Å²) in [7, 11) is 0. The highest BCUT2D eigenvalue weighted by Crippen LogP contribution is 2.31. The Morgan fingerprint density at radius 3 is 2.72 bits per heavy atom. The van der Waals surface area contributed by atoms with Crippen molar-refractivity contribution in [1.82, 2.24) is 4.57 Å². The Labute approximate surface area is 192 Å². The van der Waals surface area contributed by atoms with Gasteiger partial charge in [0.2, 0.25) is 0 Å². The zero-order valence-corrected chi connectivity index (χ0v) is 18.5. The van der Waals surface area contributed by atoms with Gasteiger partial charge in [-0.3, -0.25) is 14.2 Å². The lowest BCUT2D eigenvalue weighted by atomic mass is 10.1. The van der Waals surface area contributed by atoms with Gasteiger partial charge in [0.05, 0.1) is 28.6 Å². The first-order valence-corrected chi connectivity index (χ1v) is 11.5. The van der Waals surface area contributed by atoms with Gasteiger partial charge in [-0.1, -0.05) is 17.7 Å². The van der Waals surface area contributed by atoms with Crippen molar-refractivity contribution in [3.63, 3.8) is 0 Å². The number of hydrogen-bond donors (Lipinski definition) is 1. The number of rotatable bonds is 6. The van der Waals surface area contributed by atoms with Crippen molar-refractivity contribution in [3.8, 4) is 0 Å². The summed E-state index contributed by atoms with van der Waals surface area (Å²) in [6, 6.07) is 6.55. The van der Waals surface area contributed by atoms with Crippen LogP contribution in [0.2, 0.25) is 5.02 Å². The van der Waals surface area contributed by atoms with Crippen molar-refractivity contribution < 1.29 is 28.2 Å². The van der Waals surface area contributed by atoms with E-state index in [1.807, 2.05) is 0 Å². The van der Waals surface area contributed by atoms with Crippen LogP contribution < -0.4 is 0 Å². The molecule has 0 bridgehead atoms. The molecule has 1 aliphatic heterocycles. The molecule has 2 aromatic carbocycles. The first kappa shape index (κ1) is 22.8. The Hall–Kier alpha value is -2.42. The molecular formula is C23H20ClF2NO4S. The van der Waals surface area contributed by atoms with Crippen molar-refractivity contribution in [2.24, 2.45) is 0 Å². The van der Waals surface area contributed by atoms with Crippen LogP contribution in [0, 0.1) is 11.6 Å². The molecule has 0 aliphatic carbocycles. The topological polar surface area (TPSA) is 68.5 Å². The fourth-order valence-corrected chi connectivity index (χ4v) is 5.06. The predicted molar refractivity (Wildman–Crippen MR) is 119 cm³/mol. The second-order valence-electron chi connectivity index (χ2n) is 7.59. The van der Waals surface area contributed by atoms with Gasteiger partial charge in [-0.15, -0.1) is 11.8 Å². The van der Waals surface area contributed by atoms with Gasteiger partial charge in [0, 0.05) is 28.8 Å². The van der Waals surface area contributed by atoms with E-state index in [1.165, 1.54) is 28.6 Å². The molecule has 1 aliphatic rings. The molecular weight excluding hydrogens is 460 g/mol. The van der Waals surface area contributed by atoms with Crippen LogP contribution in [0.4, 0.5) is 8.78 Å². The molecule has 5 nitrogen and oxygen atoms in total. The number of hydrogen-bond acceptors (Lipinski definition) is 4. The average molecular weight is 480 g/mol. The Morgan fingerprint density at radius 2 is 2.00 bits per heavy atom. The van der Waals surface area contributed by atoms with Gasteiger partial charge in [-0.05, 0) is 49.1 Å². The molecule has 0 radical (unpaired) electrons. The Balaban J connectivity index is 1.59. The van der Waals surface area contributed by atoms with E-state index in [0.717, 1.165) is 31.4 Å². The molecule has 3 aromatic rings. The van der Waals surface area contributed by atoms with Gasteiger partial charge >= 0.3 is 5.97 Å². The smallest absolute Gasteiger partial charge is 0.307 e. The number of carbonyl (C=O) groups is 2. The van der Waals surface area contributed by atoms with E-state index in [2.05, 4.69) is 0 Å². The van der Waals surface area contributed by atoms with Gasteiger partial charge in [0.1, 0.15) is 11.6 Å². The van der Waals surface area contributed by atoms with Crippen molar-refractivity contribution in [2.45, 2.75) is 36.7 Å². The lowest BCUT2D eigenvalue weighted by molar-refractivity contribution is -0.136. The maximum Gasteiger partial charge on any atom is 0.307 e. The molecule has 1 N–H and O–H groups in total. The van der Waals surface area contributed by atoms with E-state index >= 15 is 0 Å². The molecule has 1 atom stereocenters. The largest absolute Gasteiger partial charge is 0.481 e. The van der Waals surface area contributed by atoms with E-state index in [-0.39, 0.29) is 22.4 Å². The fourth-order valence-electron chi connectivity index (χ4n) is 3.76. The molecule has 1 saturated heterocycles. The van der Waals surface area contributed by atoms with Gasteiger partial charge < -0.3 is 9.84 Å². The predicted octanol–water partition coefficient (Wildman–Crippen LogP) is 5.55. The number of benzene rings is 2. The van der Waals surface area contributed by atoms with E-state index < -0.39 is 29.1 Å². The van der Waals surface area contributed by atoms with Gasteiger partial charge in [0.25, 0.3) is 5.91 Å². The molecule has 1 aromatic heterocycles. The lowest BCUT2D eigenvalue weighted by Crippen LogP contribution is -2.21. The number of aromatic nitrogens is 1. The number of halogens is 3. The standard InChI is InChI=1S/C23H20ClF2NO4S/c24-22-13(9-21(28)29)4-5-19-15(22)6-7-27(19)23(30)16-10-18(26)20(11-17(16)25)32-12-14-3-1-2-8-31-14/h4-7,10-11,14H,1-3,8-9,12H2,(H,28,29). The molecule has 0 spiro atoms. The highest BCUT2D eigenvalue weighted by atomic mass is 35.5. The van der Waals surface area contributed by atoms with E-state index in [0.29, 0.717) is 28.8 Å². The zero-order valence-electron chi connectivity index (χ0n) is 16.9. The Kier molecular flexibility index (Phi) is 6.83. The number of carboxylic acids is 1. The summed E-state index contributed by atoms with van der Waals surface area (Å²) in [6.07, 6.45) is 4.12. The molecule has 1 unspecified atom stereocenters. The van der Waals surface area contributed by atoms with Crippen LogP contribution in [0.5, 0.6) is 0 Å². The summed E-state index contributed by atoms with van der Waals surface area (Å²) in [4.78, 5) is 24.1. The minimum absolute atomic E-state index is 0.0134. The SMILES string of the molecule is O=C(O)Cc1ccc2c(ccn2C(=O)c2cc(F)c(SCC3CCCCO3)cc2F)c1Cl. The Morgan fingerprint density at radius 1 is 1.19 bits per heavy atom. The third-order valence-electron chi connectivity index (χ3n) is 5.40. The average Bonchev–Trinajstić information content (AvgIpc) is 3.21. The second kappa shape index (κ2) is 9.60. The summed E-state index contributed by atoms with van der Waals surface area (Å²) in [5.41, 5.74) is 0.378. The third kappa shape index (κ3) is 4.67. The number of carboxylic acid groups (broad SMARTS) is 1. The molecule has 0 saturated carbocycles. The molecule has 32 heavy (non-hydrogen) atoms. The van der Waals surface area contributed by atoms with E-state index in [9.17, 15) is 18.4 Å². The van der Waals surface area contributed by atoms with Gasteiger partial charge in [-0.25, -0.2) is 8.78 Å². The van der Waals surface area contributed by atoms with E-state index in [1.54, 1.807) is 12.1 Å². The molecule has 9 heteroatoms. The zero-order chi connectivity index (χ0) is 22.8. The van der Waals surface area contributed by atoms with Crippen LogP contribution in [0.3, 0.4) is 0 Å². The molecule has 2 heterocycles. The maximum atomic E-state index is 14.8. The molecule has 168 valence electrons. The van der Waals surface area contributed by atoms with Gasteiger partial charge in [0.15, 0.2) is 0 Å². The fraction of sp³-hybridized carbons (Fsp3) is 0.304. The summed E-state index contributed by atoms with van der Waals surface area (Å²) >= 11 is 7.46. The second-order valence-corrected chi connectivity index (χ2v) is 9.03. The third-order valence-corrected chi connectivity index (χ3v) is 7.01. The van der Waals surface area contributed by atoms with Gasteiger partial charge in [-0.2, -0.15) is 0 Å². The van der Waals surface area contributed by atoms with E-state index in [4.69, 9.17) is 21.4 Å². The minimum Gasteiger partial charge on any atom is -0.481 e. The first-order valence-electron chi connectivity index (χ1n) is 10.1. The summed E-state index contributed by atoms with van der Waals surface area (Å²) in [5.74, 6) is -2.76. The monoisotopic (exact) mass is 479 g/mol. The number of aliphatic carboxylic acids is 1. The van der Waals surface area contributed by atoms with Crippen LogP contribution in [-0.2, 0) is 16.0 Å². The number of ether oxygens (including phenoxy) is 1. The van der Waals surface area contributed by atoms with Crippen molar-refractivity contribution in [3.05, 3.63) is 64.3 Å². The number of carbonyl (C=O) groups excluding carboxylic acids is 1. The number of nitrogens with zero attached hydrogens (tertiary/aromatic N) is 1. The van der Waals surface area contributed by atoms with Crippen LogP contribution in [0.1, 0.15) is 35.2 Å². The van der Waals surface area contributed by atoms with Crippen LogP contribution >= 0.6 is 23.4 Å². The minimum atomic E-state index is -1.03. The lowest BCUT2D eigenvalue weighted by Gasteiger charge is -2.22. The summed E-state index contributed by atoms with van der Waals surface area (Å²) in [6.45, 7) is 0.683. The highest BCUT2D eigenvalue weighted by molar-refractivity contribution is 7.99. The first-order chi connectivity index (χ1) is 15.3. The molecule has 4 rings (SSSR count). The van der Waals surface area contributed by atoms with Crippen LogP contribution in [0.15, 0.2) is 41.4 Å². The normalized spacial score (nSPS) is 16.4. The summed E-state index contributed by atoms with van der Waals surface area (Å²) in [5, 5.41) is 9.66. The van der Waals surface area contributed by atoms with Crippen molar-refractivity contribution in [2.75, 3.05) is 12.4 Å². The number of thioether (sulfide) groups is 1.